The number of thioether (sulfide) groups is 1. The summed E-state index contributed by atoms with van der Waals surface area (Å²) in [6.45, 7) is 5.98. The zero-order valence-corrected chi connectivity index (χ0v) is 13.0. The lowest BCUT2D eigenvalue weighted by molar-refractivity contribution is -0.134. The van der Waals surface area contributed by atoms with Gasteiger partial charge in [0, 0.05) is 23.8 Å². The fraction of sp³-hybridized carbons (Fsp3) is 0.643. The summed E-state index contributed by atoms with van der Waals surface area (Å²) >= 11 is 1.30. The second-order valence-corrected chi connectivity index (χ2v) is 6.37. The van der Waals surface area contributed by atoms with Crippen LogP contribution in [0.4, 0.5) is 0 Å². The van der Waals surface area contributed by atoms with Gasteiger partial charge >= 0.3 is 0 Å². The Hall–Kier alpha value is -1.30. The van der Waals surface area contributed by atoms with E-state index in [0.29, 0.717) is 28.7 Å². The third kappa shape index (κ3) is 3.62. The second kappa shape index (κ2) is 6.43. The van der Waals surface area contributed by atoms with Crippen molar-refractivity contribution in [3.63, 3.8) is 0 Å². The van der Waals surface area contributed by atoms with E-state index in [4.69, 9.17) is 0 Å². The van der Waals surface area contributed by atoms with Crippen LogP contribution in [-0.2, 0) is 4.79 Å². The van der Waals surface area contributed by atoms with Gasteiger partial charge in [-0.15, -0.1) is 0 Å². The molecule has 1 N–H and O–H groups in total. The van der Waals surface area contributed by atoms with Gasteiger partial charge < -0.3 is 9.88 Å². The predicted octanol–water partition coefficient (Wildman–Crippen LogP) is 1.96. The third-order valence-electron chi connectivity index (χ3n) is 3.66. The van der Waals surface area contributed by atoms with Gasteiger partial charge in [-0.25, -0.2) is 4.98 Å². The lowest BCUT2D eigenvalue weighted by Gasteiger charge is -2.39. The monoisotopic (exact) mass is 295 g/mol. The quantitative estimate of drug-likeness (QED) is 0.684. The Bertz CT molecular complexity index is 533. The van der Waals surface area contributed by atoms with E-state index in [1.54, 1.807) is 6.92 Å². The summed E-state index contributed by atoms with van der Waals surface area (Å²) in [4.78, 5) is 32.6. The molecule has 1 fully saturated rings. The van der Waals surface area contributed by atoms with Crippen molar-refractivity contribution in [3.8, 4) is 0 Å². The highest BCUT2D eigenvalue weighted by Gasteiger charge is 2.28. The number of nitrogens with one attached hydrogen (secondary N) is 1. The van der Waals surface area contributed by atoms with Crippen LogP contribution in [0.2, 0.25) is 0 Å². The van der Waals surface area contributed by atoms with Gasteiger partial charge in [0.2, 0.25) is 5.91 Å². The Labute approximate surface area is 123 Å². The summed E-state index contributed by atoms with van der Waals surface area (Å²) in [7, 11) is 0. The number of piperidine rings is 1. The summed E-state index contributed by atoms with van der Waals surface area (Å²) in [5.41, 5.74) is 0.496. The first-order valence-electron chi connectivity index (χ1n) is 6.99. The van der Waals surface area contributed by atoms with Crippen LogP contribution in [-0.4, -0.2) is 38.6 Å². The first-order valence-corrected chi connectivity index (χ1v) is 7.98. The van der Waals surface area contributed by atoms with Crippen molar-refractivity contribution in [1.29, 1.82) is 0 Å². The van der Waals surface area contributed by atoms with Gasteiger partial charge in [0.25, 0.3) is 5.56 Å². The maximum absolute atomic E-state index is 12.3. The lowest BCUT2D eigenvalue weighted by Crippen LogP contribution is -2.48. The van der Waals surface area contributed by atoms with Crippen LogP contribution in [0.25, 0.3) is 0 Å². The van der Waals surface area contributed by atoms with Gasteiger partial charge in [0.1, 0.15) is 0 Å². The van der Waals surface area contributed by atoms with Crippen LogP contribution in [0.1, 0.15) is 38.8 Å². The van der Waals surface area contributed by atoms with Gasteiger partial charge in [-0.3, -0.25) is 9.59 Å². The molecule has 0 radical (unpaired) electrons. The maximum Gasteiger partial charge on any atom is 0.251 e. The summed E-state index contributed by atoms with van der Waals surface area (Å²) in [5.74, 6) is 0.444. The molecule has 0 spiro atoms. The van der Waals surface area contributed by atoms with E-state index in [0.717, 1.165) is 12.8 Å². The number of amides is 1. The van der Waals surface area contributed by atoms with E-state index in [1.807, 2.05) is 4.90 Å². The van der Waals surface area contributed by atoms with Crippen molar-refractivity contribution in [2.45, 2.75) is 57.3 Å². The molecular weight excluding hydrogens is 274 g/mol. The predicted molar refractivity (Wildman–Crippen MR) is 79.9 cm³/mol. The SMILES string of the molecule is Cc1cc(=O)[nH]c(SCC(=O)N2C(C)CCCC2C)n1. The molecule has 20 heavy (non-hydrogen) atoms. The Balaban J connectivity index is 1.99. The van der Waals surface area contributed by atoms with Crippen molar-refractivity contribution in [2.75, 3.05) is 5.75 Å². The number of H-pyrrole nitrogens is 1. The van der Waals surface area contributed by atoms with Crippen LogP contribution in [0.15, 0.2) is 16.0 Å². The zero-order valence-electron chi connectivity index (χ0n) is 12.2. The standard InChI is InChI=1S/C14H21N3O2S/c1-9-7-12(18)16-14(15-9)20-8-13(19)17-10(2)5-4-6-11(17)3/h7,10-11H,4-6,8H2,1-3H3,(H,15,16,18). The molecule has 0 bridgehead atoms. The topological polar surface area (TPSA) is 66.1 Å². The number of hydrogen-bond acceptors (Lipinski definition) is 4. The molecule has 5 nitrogen and oxygen atoms in total. The molecule has 1 aliphatic rings. The Morgan fingerprint density at radius 2 is 2.10 bits per heavy atom. The molecule has 2 atom stereocenters. The fourth-order valence-corrected chi connectivity index (χ4v) is 3.53. The van der Waals surface area contributed by atoms with E-state index >= 15 is 0 Å². The summed E-state index contributed by atoms with van der Waals surface area (Å²) in [6, 6.07) is 2.05. The minimum Gasteiger partial charge on any atom is -0.337 e. The van der Waals surface area contributed by atoms with Gasteiger partial charge in [0.05, 0.1) is 5.75 Å². The van der Waals surface area contributed by atoms with Crippen LogP contribution in [0, 0.1) is 6.92 Å². The number of aromatic nitrogens is 2. The Morgan fingerprint density at radius 1 is 1.45 bits per heavy atom. The number of carbonyl (C=O) groups is 1. The largest absolute Gasteiger partial charge is 0.337 e. The smallest absolute Gasteiger partial charge is 0.251 e. The first kappa shape index (κ1) is 15.1. The van der Waals surface area contributed by atoms with E-state index in [2.05, 4.69) is 23.8 Å². The van der Waals surface area contributed by atoms with Crippen molar-refractivity contribution in [3.05, 3.63) is 22.1 Å². The van der Waals surface area contributed by atoms with Crippen molar-refractivity contribution in [1.82, 2.24) is 14.9 Å². The number of carbonyl (C=O) groups excluding carboxylic acids is 1. The van der Waals surface area contributed by atoms with Crippen molar-refractivity contribution < 1.29 is 4.79 Å². The molecule has 0 saturated carbocycles. The molecule has 1 aliphatic heterocycles. The molecule has 1 aromatic heterocycles. The molecule has 2 rings (SSSR count). The van der Waals surface area contributed by atoms with Crippen LogP contribution in [0.3, 0.4) is 0 Å². The average molecular weight is 295 g/mol. The maximum atomic E-state index is 12.3. The molecule has 2 heterocycles. The van der Waals surface area contributed by atoms with E-state index in [1.165, 1.54) is 24.2 Å². The van der Waals surface area contributed by atoms with Crippen LogP contribution in [0.5, 0.6) is 0 Å². The second-order valence-electron chi connectivity index (χ2n) is 5.41. The van der Waals surface area contributed by atoms with Crippen molar-refractivity contribution >= 4 is 17.7 Å². The number of rotatable bonds is 3. The fourth-order valence-electron chi connectivity index (χ4n) is 2.74. The summed E-state index contributed by atoms with van der Waals surface area (Å²) in [6.07, 6.45) is 3.33. The Morgan fingerprint density at radius 3 is 2.70 bits per heavy atom. The van der Waals surface area contributed by atoms with E-state index in [9.17, 15) is 9.59 Å². The summed E-state index contributed by atoms with van der Waals surface area (Å²) in [5, 5.41) is 0.515. The molecule has 1 saturated heterocycles. The highest BCUT2D eigenvalue weighted by atomic mass is 32.2. The number of aromatic amines is 1. The van der Waals surface area contributed by atoms with E-state index < -0.39 is 0 Å². The lowest BCUT2D eigenvalue weighted by atomic mass is 9.98. The first-order chi connectivity index (χ1) is 9.47. The Kier molecular flexibility index (Phi) is 4.86. The van der Waals surface area contributed by atoms with Gasteiger partial charge in [-0.05, 0) is 40.0 Å². The van der Waals surface area contributed by atoms with E-state index in [-0.39, 0.29) is 11.5 Å². The third-order valence-corrected chi connectivity index (χ3v) is 4.52. The van der Waals surface area contributed by atoms with Crippen LogP contribution < -0.4 is 5.56 Å². The minimum atomic E-state index is -0.174. The van der Waals surface area contributed by atoms with Crippen molar-refractivity contribution in [2.24, 2.45) is 0 Å². The molecule has 1 amide bonds. The molecule has 0 aromatic carbocycles. The van der Waals surface area contributed by atoms with Gasteiger partial charge in [-0.2, -0.15) is 0 Å². The number of likely N-dealkylation sites (tertiary alicyclic amines) is 1. The zero-order chi connectivity index (χ0) is 14.7. The number of hydrogen-bond donors (Lipinski definition) is 1. The minimum absolute atomic E-state index is 0.124. The molecular formula is C14H21N3O2S. The van der Waals surface area contributed by atoms with Gasteiger partial charge in [-0.1, -0.05) is 11.8 Å². The average Bonchev–Trinajstić information content (AvgIpc) is 2.35. The molecule has 6 heteroatoms. The van der Waals surface area contributed by atoms with Gasteiger partial charge in [0.15, 0.2) is 5.16 Å². The van der Waals surface area contributed by atoms with Crippen LogP contribution >= 0.6 is 11.8 Å². The normalized spacial score (nSPS) is 22.9. The number of nitrogens with zero attached hydrogens (tertiary/aromatic N) is 2. The molecule has 2 unspecified atom stereocenters. The highest BCUT2D eigenvalue weighted by Crippen LogP contribution is 2.24. The number of aryl methyl sites for hydroxylation is 1. The molecule has 0 aliphatic carbocycles. The molecule has 1 aromatic rings. The summed E-state index contributed by atoms with van der Waals surface area (Å²) < 4.78 is 0. The highest BCUT2D eigenvalue weighted by molar-refractivity contribution is 7.99. The molecule has 110 valence electrons.